The molecule has 1 aliphatic heterocycles. The van der Waals surface area contributed by atoms with E-state index >= 15 is 0 Å². The summed E-state index contributed by atoms with van der Waals surface area (Å²) in [6.07, 6.45) is 5.54. The molecule has 1 aliphatic rings. The molecule has 8 heteroatoms. The number of benzene rings is 1. The Kier molecular flexibility index (Phi) is 3.83. The lowest BCUT2D eigenvalue weighted by atomic mass is 10.2. The Labute approximate surface area is 127 Å². The molecule has 0 bridgehead atoms. The largest absolute Gasteiger partial charge is 0.417 e. The van der Waals surface area contributed by atoms with E-state index in [1.807, 2.05) is 12.3 Å². The first kappa shape index (κ1) is 14.3. The van der Waals surface area contributed by atoms with Gasteiger partial charge in [-0.15, -0.1) is 0 Å². The Hall–Kier alpha value is -1.64. The average molecular weight is 326 g/mol. The highest BCUT2D eigenvalue weighted by Crippen LogP contribution is 2.30. The Balaban J connectivity index is 1.74. The van der Waals surface area contributed by atoms with Crippen LogP contribution in [-0.2, 0) is 10.8 Å². The third-order valence-electron chi connectivity index (χ3n) is 3.23. The number of quaternary nitrogens is 1. The third kappa shape index (κ3) is 2.87. The SMILES string of the molecule is CS(=O)c1nsc(OC[N+]2(c3ccc(F)cc3)C=CC2)n1. The van der Waals surface area contributed by atoms with Gasteiger partial charge in [-0.1, -0.05) is 0 Å². The maximum absolute atomic E-state index is 13.0. The molecule has 5 nitrogen and oxygen atoms in total. The van der Waals surface area contributed by atoms with Crippen LogP contribution in [0.1, 0.15) is 0 Å². The molecular weight excluding hydrogens is 313 g/mol. The van der Waals surface area contributed by atoms with E-state index in [0.717, 1.165) is 23.8 Å². The van der Waals surface area contributed by atoms with Crippen molar-refractivity contribution in [3.63, 3.8) is 0 Å². The number of nitrogens with zero attached hydrogens (tertiary/aromatic N) is 3. The summed E-state index contributed by atoms with van der Waals surface area (Å²) >= 11 is 1.08. The molecule has 2 atom stereocenters. The highest BCUT2D eigenvalue weighted by molar-refractivity contribution is 7.84. The van der Waals surface area contributed by atoms with Crippen molar-refractivity contribution in [1.82, 2.24) is 13.8 Å². The molecule has 0 N–H and O–H groups in total. The number of halogens is 1. The number of hydrogen-bond acceptors (Lipinski definition) is 5. The predicted molar refractivity (Wildman–Crippen MR) is 79.9 cm³/mol. The first-order valence-electron chi connectivity index (χ1n) is 6.20. The van der Waals surface area contributed by atoms with Crippen molar-refractivity contribution >= 4 is 28.0 Å². The number of aromatic nitrogens is 2. The molecule has 2 heterocycles. The minimum Gasteiger partial charge on any atom is -0.417 e. The summed E-state index contributed by atoms with van der Waals surface area (Å²) < 4.78 is 34.4. The van der Waals surface area contributed by atoms with Crippen molar-refractivity contribution in [2.75, 3.05) is 19.5 Å². The molecule has 110 valence electrons. The Morgan fingerprint density at radius 3 is 2.67 bits per heavy atom. The van der Waals surface area contributed by atoms with Gasteiger partial charge in [0.25, 0.3) is 5.19 Å². The summed E-state index contributed by atoms with van der Waals surface area (Å²) in [4.78, 5) is 4.07. The van der Waals surface area contributed by atoms with Gasteiger partial charge >= 0.3 is 0 Å². The van der Waals surface area contributed by atoms with Crippen LogP contribution in [0.5, 0.6) is 5.19 Å². The first-order chi connectivity index (χ1) is 10.1. The van der Waals surface area contributed by atoms with E-state index in [2.05, 4.69) is 9.36 Å². The number of rotatable bonds is 5. The van der Waals surface area contributed by atoms with Crippen LogP contribution < -0.4 is 9.22 Å². The molecule has 21 heavy (non-hydrogen) atoms. The van der Waals surface area contributed by atoms with Crippen LogP contribution in [0.2, 0.25) is 0 Å². The van der Waals surface area contributed by atoms with E-state index in [0.29, 0.717) is 16.4 Å². The van der Waals surface area contributed by atoms with Crippen molar-refractivity contribution in [1.29, 1.82) is 0 Å². The smallest absolute Gasteiger partial charge is 0.298 e. The van der Waals surface area contributed by atoms with E-state index in [1.54, 1.807) is 12.1 Å². The van der Waals surface area contributed by atoms with Crippen molar-refractivity contribution in [2.24, 2.45) is 0 Å². The topological polar surface area (TPSA) is 52.1 Å². The van der Waals surface area contributed by atoms with Gasteiger partial charge in [0.15, 0.2) is 0 Å². The molecular formula is C13H13FN3O2S2+. The van der Waals surface area contributed by atoms with Gasteiger partial charge in [0.05, 0.1) is 10.8 Å². The van der Waals surface area contributed by atoms with Crippen molar-refractivity contribution in [2.45, 2.75) is 5.16 Å². The summed E-state index contributed by atoms with van der Waals surface area (Å²) in [5.74, 6) is -0.262. The average Bonchev–Trinajstić information content (AvgIpc) is 2.88. The molecule has 0 amide bonds. The van der Waals surface area contributed by atoms with Crippen LogP contribution >= 0.6 is 11.5 Å². The third-order valence-corrected chi connectivity index (χ3v) is 4.67. The van der Waals surface area contributed by atoms with Gasteiger partial charge in [0.2, 0.25) is 11.9 Å². The number of hydrogen-bond donors (Lipinski definition) is 0. The predicted octanol–water partition coefficient (Wildman–Crippen LogP) is 2.29. The molecule has 0 spiro atoms. The molecule has 2 aromatic rings. The Morgan fingerprint density at radius 1 is 1.43 bits per heavy atom. The lowest BCUT2D eigenvalue weighted by Crippen LogP contribution is -2.52. The summed E-state index contributed by atoms with van der Waals surface area (Å²) in [5.41, 5.74) is 0.947. The zero-order chi connectivity index (χ0) is 14.9. The highest BCUT2D eigenvalue weighted by atomic mass is 32.2. The fraction of sp³-hybridized carbons (Fsp3) is 0.231. The second-order valence-corrected chi connectivity index (χ2v) is 6.64. The second kappa shape index (κ2) is 5.63. The van der Waals surface area contributed by atoms with Crippen LogP contribution in [0.4, 0.5) is 10.1 Å². The van der Waals surface area contributed by atoms with Gasteiger partial charge in [-0.3, -0.25) is 4.21 Å². The molecule has 0 saturated heterocycles. The normalized spacial score (nSPS) is 21.8. The zero-order valence-corrected chi connectivity index (χ0v) is 12.9. The van der Waals surface area contributed by atoms with Crippen LogP contribution in [0.25, 0.3) is 0 Å². The van der Waals surface area contributed by atoms with Gasteiger partial charge in [-0.25, -0.2) is 8.87 Å². The van der Waals surface area contributed by atoms with Crippen LogP contribution in [0.3, 0.4) is 0 Å². The quantitative estimate of drug-likeness (QED) is 0.791. The van der Waals surface area contributed by atoms with Gasteiger partial charge in [-0.2, -0.15) is 9.36 Å². The van der Waals surface area contributed by atoms with E-state index in [9.17, 15) is 8.60 Å². The Morgan fingerprint density at radius 2 is 2.14 bits per heavy atom. The number of ether oxygens (including phenoxy) is 1. The minimum absolute atomic E-state index is 0.262. The monoisotopic (exact) mass is 326 g/mol. The minimum atomic E-state index is -1.21. The molecule has 2 unspecified atom stereocenters. The van der Waals surface area contributed by atoms with Gasteiger partial charge < -0.3 is 4.74 Å². The van der Waals surface area contributed by atoms with E-state index in [-0.39, 0.29) is 11.0 Å². The lowest BCUT2D eigenvalue weighted by molar-refractivity contribution is 0.169. The summed E-state index contributed by atoms with van der Waals surface area (Å²) in [7, 11) is -1.21. The first-order valence-corrected chi connectivity index (χ1v) is 8.53. The zero-order valence-electron chi connectivity index (χ0n) is 11.2. The molecule has 0 saturated carbocycles. The highest BCUT2D eigenvalue weighted by Gasteiger charge is 2.34. The van der Waals surface area contributed by atoms with E-state index < -0.39 is 10.8 Å². The fourth-order valence-corrected chi connectivity index (χ4v) is 3.23. The summed E-state index contributed by atoms with van der Waals surface area (Å²) in [6, 6.07) is 6.36. The molecule has 0 radical (unpaired) electrons. The van der Waals surface area contributed by atoms with Crippen molar-refractivity contribution < 1.29 is 13.3 Å². The van der Waals surface area contributed by atoms with Crippen molar-refractivity contribution in [3.8, 4) is 5.19 Å². The van der Waals surface area contributed by atoms with Crippen molar-refractivity contribution in [3.05, 3.63) is 42.4 Å². The fourth-order valence-electron chi connectivity index (χ4n) is 2.00. The maximum Gasteiger partial charge on any atom is 0.298 e. The van der Waals surface area contributed by atoms with E-state index in [1.165, 1.54) is 18.4 Å². The Bertz CT molecular complexity index is 702. The molecule has 1 aromatic carbocycles. The van der Waals surface area contributed by atoms with Crippen LogP contribution in [-0.4, -0.2) is 33.1 Å². The van der Waals surface area contributed by atoms with Gasteiger partial charge in [0.1, 0.15) is 24.2 Å². The molecule has 0 aliphatic carbocycles. The maximum atomic E-state index is 13.0. The summed E-state index contributed by atoms with van der Waals surface area (Å²) in [6.45, 7) is 1.12. The van der Waals surface area contributed by atoms with Crippen LogP contribution in [0, 0.1) is 5.82 Å². The van der Waals surface area contributed by atoms with Crippen LogP contribution in [0.15, 0.2) is 41.7 Å². The van der Waals surface area contributed by atoms with Gasteiger partial charge in [0, 0.05) is 36.0 Å². The molecule has 0 fully saturated rings. The summed E-state index contributed by atoms with van der Waals surface area (Å²) in [5, 5.41) is 0.669. The van der Waals surface area contributed by atoms with E-state index in [4.69, 9.17) is 4.74 Å². The molecule has 3 rings (SSSR count). The molecule has 1 aromatic heterocycles. The van der Waals surface area contributed by atoms with Gasteiger partial charge in [-0.05, 0) is 12.1 Å². The second-order valence-electron chi connectivity index (χ2n) is 4.65. The lowest BCUT2D eigenvalue weighted by Gasteiger charge is -2.37. The standard InChI is InChI=1S/C13H13FN3O2S2/c1-21(18)12-15-13(20-16-12)19-9-17(7-2-8-17)11-5-3-10(14)4-6-11/h2-7H,8-9H2,1H3/q+1.